The molecule has 2 N–H and O–H groups in total. The van der Waals surface area contributed by atoms with Gasteiger partial charge in [-0.05, 0) is 6.42 Å². The predicted octanol–water partition coefficient (Wildman–Crippen LogP) is 0.0959. The molecule has 0 amide bonds. The molecule has 2 heterocycles. The molecule has 2 aliphatic rings. The Morgan fingerprint density at radius 2 is 2.46 bits per heavy atom. The summed E-state index contributed by atoms with van der Waals surface area (Å²) in [5.74, 6) is 1.53. The summed E-state index contributed by atoms with van der Waals surface area (Å²) in [5, 5.41) is 0. The molecule has 0 aromatic rings. The van der Waals surface area contributed by atoms with E-state index in [2.05, 4.69) is 21.8 Å². The average molecular weight is 180 g/mol. The number of nitrogens with two attached hydrogens (primary N) is 1. The summed E-state index contributed by atoms with van der Waals surface area (Å²) >= 11 is 0. The highest BCUT2D eigenvalue weighted by Gasteiger charge is 2.25. The van der Waals surface area contributed by atoms with E-state index < -0.39 is 0 Å². The van der Waals surface area contributed by atoms with E-state index >= 15 is 0 Å². The van der Waals surface area contributed by atoms with Crippen LogP contribution in [0.4, 0.5) is 0 Å². The van der Waals surface area contributed by atoms with E-state index in [0.717, 1.165) is 19.5 Å². The zero-order chi connectivity index (χ0) is 9.26. The van der Waals surface area contributed by atoms with Gasteiger partial charge in [0.1, 0.15) is 12.5 Å². The standard InChI is InChI=1S/C9H16N4/c1-7-4-11-6-12-9(7)13-3-2-8(10)5-13/h4,7-8H,2-3,5-6,10H2,1H3. The quantitative estimate of drug-likeness (QED) is 0.574. The van der Waals surface area contributed by atoms with Gasteiger partial charge >= 0.3 is 0 Å². The lowest BCUT2D eigenvalue weighted by Crippen LogP contribution is -2.37. The fourth-order valence-corrected chi connectivity index (χ4v) is 1.91. The van der Waals surface area contributed by atoms with Crippen molar-refractivity contribution in [1.29, 1.82) is 0 Å². The number of rotatable bonds is 0. The molecule has 0 aliphatic carbocycles. The monoisotopic (exact) mass is 180 g/mol. The summed E-state index contributed by atoms with van der Waals surface area (Å²) in [6.07, 6.45) is 3.06. The Labute approximate surface area is 78.5 Å². The van der Waals surface area contributed by atoms with Gasteiger partial charge in [-0.2, -0.15) is 0 Å². The fourth-order valence-electron chi connectivity index (χ4n) is 1.91. The van der Waals surface area contributed by atoms with Gasteiger partial charge in [0, 0.05) is 31.3 Å². The van der Waals surface area contributed by atoms with Crippen molar-refractivity contribution >= 4 is 12.1 Å². The van der Waals surface area contributed by atoms with E-state index in [-0.39, 0.29) is 0 Å². The second-order valence-electron chi connectivity index (χ2n) is 3.77. The Balaban J connectivity index is 2.04. The normalized spacial score (nSPS) is 33.7. The lowest BCUT2D eigenvalue weighted by atomic mass is 10.1. The van der Waals surface area contributed by atoms with Crippen LogP contribution in [0.5, 0.6) is 0 Å². The van der Waals surface area contributed by atoms with Crippen molar-refractivity contribution in [3.8, 4) is 0 Å². The van der Waals surface area contributed by atoms with Crippen LogP contribution in [-0.4, -0.2) is 42.8 Å². The molecule has 2 rings (SSSR count). The average Bonchev–Trinajstić information content (AvgIpc) is 2.53. The van der Waals surface area contributed by atoms with Crippen molar-refractivity contribution in [2.45, 2.75) is 19.4 Å². The molecule has 0 aromatic carbocycles. The highest BCUT2D eigenvalue weighted by atomic mass is 15.2. The molecule has 13 heavy (non-hydrogen) atoms. The molecule has 1 saturated heterocycles. The largest absolute Gasteiger partial charge is 0.358 e. The van der Waals surface area contributed by atoms with Gasteiger partial charge in [0.05, 0.1) is 0 Å². The van der Waals surface area contributed by atoms with Gasteiger partial charge in [0.2, 0.25) is 0 Å². The highest BCUT2D eigenvalue weighted by molar-refractivity contribution is 5.98. The van der Waals surface area contributed by atoms with Crippen LogP contribution in [0.25, 0.3) is 0 Å². The molecule has 0 spiro atoms. The summed E-state index contributed by atoms with van der Waals surface area (Å²) in [5.41, 5.74) is 5.85. The van der Waals surface area contributed by atoms with E-state index in [9.17, 15) is 0 Å². The Hall–Kier alpha value is -0.900. The van der Waals surface area contributed by atoms with Gasteiger partial charge in [-0.3, -0.25) is 4.99 Å². The SMILES string of the molecule is CC1C=NCN=C1N1CCC(N)C1. The summed E-state index contributed by atoms with van der Waals surface area (Å²) in [4.78, 5) is 10.8. The topological polar surface area (TPSA) is 54.0 Å². The van der Waals surface area contributed by atoms with Gasteiger partial charge < -0.3 is 10.6 Å². The van der Waals surface area contributed by atoms with Crippen molar-refractivity contribution in [2.24, 2.45) is 21.6 Å². The summed E-state index contributed by atoms with van der Waals surface area (Å²) in [6.45, 7) is 4.73. The lowest BCUT2D eigenvalue weighted by molar-refractivity contribution is 0.487. The first-order chi connectivity index (χ1) is 6.27. The maximum absolute atomic E-state index is 5.85. The minimum absolute atomic E-state index is 0.328. The molecule has 0 aromatic heterocycles. The smallest absolute Gasteiger partial charge is 0.131 e. The second kappa shape index (κ2) is 3.46. The predicted molar refractivity (Wildman–Crippen MR) is 54.1 cm³/mol. The molecule has 2 unspecified atom stereocenters. The minimum atomic E-state index is 0.328. The summed E-state index contributed by atoms with van der Waals surface area (Å²) in [7, 11) is 0. The van der Waals surface area contributed by atoms with Gasteiger partial charge in [0.15, 0.2) is 0 Å². The Morgan fingerprint density at radius 3 is 3.08 bits per heavy atom. The molecule has 4 heteroatoms. The second-order valence-corrected chi connectivity index (χ2v) is 3.77. The van der Waals surface area contributed by atoms with E-state index in [1.165, 1.54) is 5.84 Å². The van der Waals surface area contributed by atoms with Crippen LogP contribution < -0.4 is 5.73 Å². The van der Waals surface area contributed by atoms with Crippen LogP contribution in [0.2, 0.25) is 0 Å². The molecule has 0 saturated carbocycles. The third-order valence-corrected chi connectivity index (χ3v) is 2.60. The number of hydrogen-bond donors (Lipinski definition) is 1. The van der Waals surface area contributed by atoms with E-state index in [4.69, 9.17) is 5.73 Å². The molecular formula is C9H16N4. The highest BCUT2D eigenvalue weighted by Crippen LogP contribution is 2.13. The third-order valence-electron chi connectivity index (χ3n) is 2.60. The van der Waals surface area contributed by atoms with Crippen molar-refractivity contribution in [3.05, 3.63) is 0 Å². The zero-order valence-corrected chi connectivity index (χ0v) is 7.98. The van der Waals surface area contributed by atoms with E-state index in [1.807, 2.05) is 6.21 Å². The molecule has 2 atom stereocenters. The third kappa shape index (κ3) is 1.72. The van der Waals surface area contributed by atoms with Crippen LogP contribution in [0.1, 0.15) is 13.3 Å². The van der Waals surface area contributed by atoms with Gasteiger partial charge in [0.25, 0.3) is 0 Å². The minimum Gasteiger partial charge on any atom is -0.358 e. The van der Waals surface area contributed by atoms with Crippen molar-refractivity contribution < 1.29 is 0 Å². The maximum atomic E-state index is 5.85. The van der Waals surface area contributed by atoms with Crippen molar-refractivity contribution in [1.82, 2.24) is 4.90 Å². The molecule has 0 bridgehead atoms. The zero-order valence-electron chi connectivity index (χ0n) is 7.98. The first-order valence-corrected chi connectivity index (χ1v) is 4.82. The number of nitrogens with zero attached hydrogens (tertiary/aromatic N) is 3. The summed E-state index contributed by atoms with van der Waals surface area (Å²) < 4.78 is 0. The fraction of sp³-hybridized carbons (Fsp3) is 0.778. The molecule has 2 aliphatic heterocycles. The molecule has 0 radical (unpaired) electrons. The molecule has 1 fully saturated rings. The van der Waals surface area contributed by atoms with Crippen LogP contribution in [0.3, 0.4) is 0 Å². The Bertz CT molecular complexity index is 246. The maximum Gasteiger partial charge on any atom is 0.131 e. The van der Waals surface area contributed by atoms with Crippen molar-refractivity contribution in [3.63, 3.8) is 0 Å². The van der Waals surface area contributed by atoms with Gasteiger partial charge in [-0.15, -0.1) is 0 Å². The van der Waals surface area contributed by atoms with Gasteiger partial charge in [-0.25, -0.2) is 4.99 Å². The first kappa shape index (κ1) is 8.69. The lowest BCUT2D eigenvalue weighted by Gasteiger charge is -2.25. The number of likely N-dealkylation sites (tertiary alicyclic amines) is 1. The number of amidine groups is 1. The van der Waals surface area contributed by atoms with E-state index in [1.54, 1.807) is 0 Å². The molecular weight excluding hydrogens is 164 g/mol. The number of aliphatic imine (C=N–C) groups is 2. The Kier molecular flexibility index (Phi) is 2.31. The van der Waals surface area contributed by atoms with Crippen LogP contribution in [0.15, 0.2) is 9.98 Å². The van der Waals surface area contributed by atoms with Crippen LogP contribution >= 0.6 is 0 Å². The Morgan fingerprint density at radius 1 is 1.62 bits per heavy atom. The summed E-state index contributed by atoms with van der Waals surface area (Å²) in [6, 6.07) is 0.328. The van der Waals surface area contributed by atoms with Crippen LogP contribution in [-0.2, 0) is 0 Å². The number of hydrogen-bond acceptors (Lipinski definition) is 4. The molecule has 4 nitrogen and oxygen atoms in total. The van der Waals surface area contributed by atoms with E-state index in [0.29, 0.717) is 18.6 Å². The van der Waals surface area contributed by atoms with Gasteiger partial charge in [-0.1, -0.05) is 6.92 Å². The first-order valence-electron chi connectivity index (χ1n) is 4.82. The molecule has 72 valence electrons. The van der Waals surface area contributed by atoms with Crippen molar-refractivity contribution in [2.75, 3.05) is 19.8 Å². The van der Waals surface area contributed by atoms with Crippen LogP contribution in [0, 0.1) is 5.92 Å².